The van der Waals surface area contributed by atoms with Crippen molar-refractivity contribution in [3.8, 4) is 0 Å². The fourth-order valence-corrected chi connectivity index (χ4v) is 3.00. The van der Waals surface area contributed by atoms with Gasteiger partial charge in [-0.1, -0.05) is 39.5 Å². The molecule has 0 fully saturated rings. The van der Waals surface area contributed by atoms with E-state index >= 15 is 0 Å². The maximum atomic E-state index is 13.7. The van der Waals surface area contributed by atoms with Crippen molar-refractivity contribution >= 4 is 16.8 Å². The number of halogens is 2. The molecule has 0 bridgehead atoms. The number of fused-ring (bicyclic) bond motifs is 1. The van der Waals surface area contributed by atoms with Crippen LogP contribution in [0.5, 0.6) is 0 Å². The second kappa shape index (κ2) is 8.56. The van der Waals surface area contributed by atoms with Gasteiger partial charge in [-0.3, -0.25) is 9.78 Å². The lowest BCUT2D eigenvalue weighted by Crippen LogP contribution is -2.43. The van der Waals surface area contributed by atoms with Crippen molar-refractivity contribution in [1.29, 1.82) is 0 Å². The summed E-state index contributed by atoms with van der Waals surface area (Å²) in [5.74, 6) is -1.46. The monoisotopic (exact) mass is 362 g/mol. The minimum absolute atomic E-state index is 0.0639. The number of hydrogen-bond donors (Lipinski definition) is 1. The number of carbonyl (C=O) groups is 1. The van der Waals surface area contributed by atoms with E-state index in [1.165, 1.54) is 25.1 Å². The highest BCUT2D eigenvalue weighted by atomic mass is 19.2. The second-order valence-electron chi connectivity index (χ2n) is 7.99. The van der Waals surface area contributed by atoms with Crippen molar-refractivity contribution in [2.24, 2.45) is 5.92 Å². The third-order valence-corrected chi connectivity index (χ3v) is 4.54. The standard InChI is InChI=1S/C21H28F2N2O/c1-14(2)8-6-5-7-11-21(3,4)25-20(26)16-12-15-9-10-17(22)18(23)19(15)24-13-16/h9-10,12-14H,5-8,11H2,1-4H3,(H,25,26). The predicted molar refractivity (Wildman–Crippen MR) is 101 cm³/mol. The summed E-state index contributed by atoms with van der Waals surface area (Å²) in [7, 11) is 0. The minimum atomic E-state index is -0.990. The molecule has 0 saturated carbocycles. The van der Waals surface area contributed by atoms with Crippen LogP contribution in [-0.4, -0.2) is 16.4 Å². The number of amides is 1. The fraction of sp³-hybridized carbons (Fsp3) is 0.524. The summed E-state index contributed by atoms with van der Waals surface area (Å²) < 4.78 is 27.0. The molecule has 0 aliphatic carbocycles. The summed E-state index contributed by atoms with van der Waals surface area (Å²) in [6, 6.07) is 4.01. The lowest BCUT2D eigenvalue weighted by atomic mass is 9.95. The largest absolute Gasteiger partial charge is 0.347 e. The van der Waals surface area contributed by atoms with Crippen molar-refractivity contribution < 1.29 is 13.6 Å². The zero-order valence-corrected chi connectivity index (χ0v) is 16.0. The van der Waals surface area contributed by atoms with E-state index in [2.05, 4.69) is 24.1 Å². The van der Waals surface area contributed by atoms with Crippen LogP contribution in [0.2, 0.25) is 0 Å². The lowest BCUT2D eigenvalue weighted by Gasteiger charge is -2.26. The molecule has 0 aliphatic heterocycles. The molecule has 3 nitrogen and oxygen atoms in total. The van der Waals surface area contributed by atoms with E-state index in [4.69, 9.17) is 0 Å². The van der Waals surface area contributed by atoms with Gasteiger partial charge < -0.3 is 5.32 Å². The van der Waals surface area contributed by atoms with E-state index in [-0.39, 0.29) is 17.0 Å². The molecule has 142 valence electrons. The van der Waals surface area contributed by atoms with E-state index < -0.39 is 11.6 Å². The number of unbranched alkanes of at least 4 members (excludes halogenated alkanes) is 2. The van der Waals surface area contributed by atoms with Crippen LogP contribution in [0.25, 0.3) is 10.9 Å². The maximum absolute atomic E-state index is 13.7. The first-order valence-electron chi connectivity index (χ1n) is 9.26. The van der Waals surface area contributed by atoms with E-state index in [1.807, 2.05) is 13.8 Å². The van der Waals surface area contributed by atoms with Gasteiger partial charge >= 0.3 is 0 Å². The quantitative estimate of drug-likeness (QED) is 0.619. The van der Waals surface area contributed by atoms with Gasteiger partial charge in [0.1, 0.15) is 5.52 Å². The Hall–Kier alpha value is -2.04. The molecule has 2 aromatic rings. The molecule has 1 aromatic heterocycles. The smallest absolute Gasteiger partial charge is 0.253 e. The Morgan fingerprint density at radius 1 is 1.19 bits per heavy atom. The van der Waals surface area contributed by atoms with Crippen LogP contribution in [0.3, 0.4) is 0 Å². The van der Waals surface area contributed by atoms with Crippen LogP contribution in [-0.2, 0) is 0 Å². The average Bonchev–Trinajstić information content (AvgIpc) is 2.56. The summed E-state index contributed by atoms with van der Waals surface area (Å²) >= 11 is 0. The zero-order chi connectivity index (χ0) is 19.3. The molecule has 0 spiro atoms. The Labute approximate surface area is 154 Å². The zero-order valence-electron chi connectivity index (χ0n) is 16.0. The summed E-state index contributed by atoms with van der Waals surface area (Å²) in [5, 5.41) is 3.42. The van der Waals surface area contributed by atoms with Gasteiger partial charge in [-0.25, -0.2) is 8.78 Å². The third-order valence-electron chi connectivity index (χ3n) is 4.54. The summed E-state index contributed by atoms with van der Waals surface area (Å²) in [6.07, 6.45) is 6.82. The highest BCUT2D eigenvalue weighted by Gasteiger charge is 2.21. The number of hydrogen-bond acceptors (Lipinski definition) is 2. The van der Waals surface area contributed by atoms with Crippen molar-refractivity contribution in [1.82, 2.24) is 10.3 Å². The van der Waals surface area contributed by atoms with Gasteiger partial charge in [0.15, 0.2) is 11.6 Å². The van der Waals surface area contributed by atoms with E-state index in [0.29, 0.717) is 10.9 Å². The SMILES string of the molecule is CC(C)CCCCCC(C)(C)NC(=O)c1cnc2c(F)c(F)ccc2c1. The van der Waals surface area contributed by atoms with Gasteiger partial charge in [0.05, 0.1) is 5.56 Å². The Morgan fingerprint density at radius 3 is 2.62 bits per heavy atom. The fourth-order valence-electron chi connectivity index (χ4n) is 3.00. The predicted octanol–water partition coefficient (Wildman–Crippen LogP) is 5.63. The van der Waals surface area contributed by atoms with Crippen molar-refractivity contribution in [3.63, 3.8) is 0 Å². The first kappa shape index (κ1) is 20.3. The van der Waals surface area contributed by atoms with Crippen molar-refractivity contribution in [2.75, 3.05) is 0 Å². The molecule has 0 saturated heterocycles. The molecule has 1 N–H and O–H groups in total. The Kier molecular flexibility index (Phi) is 6.68. The summed E-state index contributed by atoms with van der Waals surface area (Å²) in [6.45, 7) is 8.44. The molecular formula is C21H28F2N2O. The highest BCUT2D eigenvalue weighted by Crippen LogP contribution is 2.21. The average molecular weight is 362 g/mol. The Morgan fingerprint density at radius 2 is 1.92 bits per heavy atom. The van der Waals surface area contributed by atoms with Crippen LogP contribution < -0.4 is 5.32 Å². The molecule has 0 radical (unpaired) electrons. The molecule has 1 aromatic carbocycles. The lowest BCUT2D eigenvalue weighted by molar-refractivity contribution is 0.0908. The van der Waals surface area contributed by atoms with Gasteiger partial charge in [0.25, 0.3) is 5.91 Å². The second-order valence-corrected chi connectivity index (χ2v) is 7.99. The van der Waals surface area contributed by atoms with E-state index in [0.717, 1.165) is 31.2 Å². The van der Waals surface area contributed by atoms with Gasteiger partial charge in [-0.05, 0) is 44.4 Å². The van der Waals surface area contributed by atoms with Gasteiger partial charge in [0.2, 0.25) is 0 Å². The number of aromatic nitrogens is 1. The topological polar surface area (TPSA) is 42.0 Å². The normalized spacial score (nSPS) is 12.0. The van der Waals surface area contributed by atoms with Crippen LogP contribution >= 0.6 is 0 Å². The van der Waals surface area contributed by atoms with E-state index in [1.54, 1.807) is 6.07 Å². The van der Waals surface area contributed by atoms with Crippen molar-refractivity contribution in [2.45, 2.75) is 65.3 Å². The highest BCUT2D eigenvalue weighted by molar-refractivity contribution is 5.97. The molecule has 2 rings (SSSR count). The summed E-state index contributed by atoms with van der Waals surface area (Å²) in [4.78, 5) is 16.4. The molecule has 0 atom stereocenters. The van der Waals surface area contributed by atoms with Crippen LogP contribution in [0.1, 0.15) is 70.2 Å². The first-order chi connectivity index (χ1) is 12.2. The third kappa shape index (κ3) is 5.48. The number of benzene rings is 1. The Balaban J connectivity index is 1.97. The minimum Gasteiger partial charge on any atom is -0.347 e. The molecule has 26 heavy (non-hydrogen) atoms. The molecule has 1 amide bonds. The number of nitrogens with zero attached hydrogens (tertiary/aromatic N) is 1. The summed E-state index contributed by atoms with van der Waals surface area (Å²) in [5.41, 5.74) is -0.0554. The van der Waals surface area contributed by atoms with Gasteiger partial charge in [-0.2, -0.15) is 0 Å². The van der Waals surface area contributed by atoms with Gasteiger partial charge in [-0.15, -0.1) is 0 Å². The van der Waals surface area contributed by atoms with E-state index in [9.17, 15) is 13.6 Å². The Bertz CT molecular complexity index is 772. The number of rotatable bonds is 8. The number of carbonyl (C=O) groups excluding carboxylic acids is 1. The van der Waals surface area contributed by atoms with Crippen LogP contribution in [0.15, 0.2) is 24.4 Å². The van der Waals surface area contributed by atoms with Crippen LogP contribution in [0.4, 0.5) is 8.78 Å². The first-order valence-corrected chi connectivity index (χ1v) is 9.26. The molecule has 0 aliphatic rings. The van der Waals surface area contributed by atoms with Crippen molar-refractivity contribution in [3.05, 3.63) is 41.6 Å². The maximum Gasteiger partial charge on any atom is 0.253 e. The molecule has 0 unspecified atom stereocenters. The molecule has 1 heterocycles. The van der Waals surface area contributed by atoms with Crippen LogP contribution in [0, 0.1) is 17.6 Å². The molecular weight excluding hydrogens is 334 g/mol. The molecule has 5 heteroatoms. The number of nitrogens with one attached hydrogen (secondary N) is 1. The van der Waals surface area contributed by atoms with Gasteiger partial charge in [0, 0.05) is 17.1 Å². The number of pyridine rings is 1.